The third-order valence-electron chi connectivity index (χ3n) is 4.74. The summed E-state index contributed by atoms with van der Waals surface area (Å²) in [6.07, 6.45) is 5.70. The Hall–Kier alpha value is -2.15. The lowest BCUT2D eigenvalue weighted by atomic mass is 9.96. The lowest BCUT2D eigenvalue weighted by molar-refractivity contribution is -0.00462. The van der Waals surface area contributed by atoms with Gasteiger partial charge in [-0.3, -0.25) is 9.89 Å². The summed E-state index contributed by atoms with van der Waals surface area (Å²) < 4.78 is 11.0. The Balaban J connectivity index is 1.66. The Bertz CT molecular complexity index is 721. The van der Waals surface area contributed by atoms with Crippen molar-refractivity contribution in [2.75, 3.05) is 19.8 Å². The summed E-state index contributed by atoms with van der Waals surface area (Å²) in [5.41, 5.74) is 3.42. The molecule has 0 saturated carbocycles. The van der Waals surface area contributed by atoms with E-state index in [4.69, 9.17) is 9.26 Å². The van der Waals surface area contributed by atoms with Crippen molar-refractivity contribution in [3.8, 4) is 0 Å². The fourth-order valence-electron chi connectivity index (χ4n) is 3.47. The predicted molar refractivity (Wildman–Crippen MR) is 81.1 cm³/mol. The molecule has 1 saturated heterocycles. The van der Waals surface area contributed by atoms with Crippen molar-refractivity contribution in [1.29, 1.82) is 0 Å². The van der Waals surface area contributed by atoms with Gasteiger partial charge in [-0.05, 0) is 31.7 Å². The van der Waals surface area contributed by atoms with Gasteiger partial charge >= 0.3 is 0 Å². The van der Waals surface area contributed by atoms with Crippen LogP contribution in [0.3, 0.4) is 0 Å². The van der Waals surface area contributed by atoms with Gasteiger partial charge in [-0.15, -0.1) is 0 Å². The average Bonchev–Trinajstić information content (AvgIpc) is 3.20. The molecule has 0 bridgehead atoms. The largest absolute Gasteiger partial charge is 0.377 e. The van der Waals surface area contributed by atoms with E-state index in [1.165, 1.54) is 0 Å². The van der Waals surface area contributed by atoms with E-state index in [0.717, 1.165) is 48.3 Å². The van der Waals surface area contributed by atoms with Crippen LogP contribution in [-0.4, -0.2) is 45.9 Å². The van der Waals surface area contributed by atoms with Gasteiger partial charge in [-0.25, -0.2) is 0 Å². The normalized spacial score (nSPS) is 21.3. The highest BCUT2D eigenvalue weighted by Crippen LogP contribution is 2.30. The number of amides is 1. The zero-order chi connectivity index (χ0) is 15.8. The highest BCUT2D eigenvalue weighted by molar-refractivity contribution is 5.94. The van der Waals surface area contributed by atoms with E-state index < -0.39 is 0 Å². The van der Waals surface area contributed by atoms with Crippen LogP contribution in [0.5, 0.6) is 0 Å². The van der Waals surface area contributed by atoms with Crippen LogP contribution in [0.1, 0.15) is 52.0 Å². The maximum Gasteiger partial charge on any atom is 0.277 e. The molecule has 1 aliphatic heterocycles. The zero-order valence-electron chi connectivity index (χ0n) is 13.2. The third kappa shape index (κ3) is 2.45. The number of carbonyl (C=O) groups excluding carboxylic acids is 1. The number of morpholine rings is 1. The highest BCUT2D eigenvalue weighted by atomic mass is 16.5. The van der Waals surface area contributed by atoms with Gasteiger partial charge in [0.2, 0.25) is 0 Å². The summed E-state index contributed by atoms with van der Waals surface area (Å²) in [5, 5.41) is 11.1. The molecule has 1 fully saturated rings. The molecule has 0 spiro atoms. The standard InChI is InChI=1S/C16H20N4O3/c1-10-8-17-18-14(10)12-9-22-7-6-20(12)16(21)15-11-4-2-3-5-13(11)23-19-15/h8,12H,2-7,9H2,1H3,(H,17,18). The molecule has 4 rings (SSSR count). The second-order valence-electron chi connectivity index (χ2n) is 6.20. The summed E-state index contributed by atoms with van der Waals surface area (Å²) in [7, 11) is 0. The number of carbonyl (C=O) groups is 1. The minimum atomic E-state index is -0.158. The molecule has 0 aromatic carbocycles. The van der Waals surface area contributed by atoms with E-state index in [1.54, 1.807) is 6.20 Å². The van der Waals surface area contributed by atoms with Gasteiger partial charge in [0, 0.05) is 18.5 Å². The van der Waals surface area contributed by atoms with Crippen molar-refractivity contribution in [1.82, 2.24) is 20.3 Å². The highest BCUT2D eigenvalue weighted by Gasteiger charge is 2.35. The van der Waals surface area contributed by atoms with Gasteiger partial charge in [0.1, 0.15) is 5.76 Å². The van der Waals surface area contributed by atoms with Crippen LogP contribution in [0.4, 0.5) is 0 Å². The molecule has 1 atom stereocenters. The number of hydrogen-bond acceptors (Lipinski definition) is 5. The van der Waals surface area contributed by atoms with Crippen LogP contribution in [-0.2, 0) is 17.6 Å². The second kappa shape index (κ2) is 5.81. The number of nitrogens with one attached hydrogen (secondary N) is 1. The van der Waals surface area contributed by atoms with Crippen molar-refractivity contribution < 1.29 is 14.1 Å². The monoisotopic (exact) mass is 316 g/mol. The SMILES string of the molecule is Cc1cn[nH]c1C1COCCN1C(=O)c1noc2c1CCCC2. The smallest absolute Gasteiger partial charge is 0.277 e. The maximum absolute atomic E-state index is 13.1. The number of ether oxygens (including phenoxy) is 1. The van der Waals surface area contributed by atoms with E-state index >= 15 is 0 Å². The predicted octanol–water partition coefficient (Wildman–Crippen LogP) is 1.80. The molecular weight excluding hydrogens is 296 g/mol. The quantitative estimate of drug-likeness (QED) is 0.913. The second-order valence-corrected chi connectivity index (χ2v) is 6.20. The number of aromatic nitrogens is 3. The molecule has 1 N–H and O–H groups in total. The number of hydrogen-bond donors (Lipinski definition) is 1. The van der Waals surface area contributed by atoms with E-state index in [0.29, 0.717) is 25.5 Å². The molecule has 7 heteroatoms. The van der Waals surface area contributed by atoms with Crippen LogP contribution in [0.15, 0.2) is 10.7 Å². The Labute approximate surface area is 134 Å². The summed E-state index contributed by atoms with van der Waals surface area (Å²) in [6, 6.07) is -0.158. The van der Waals surface area contributed by atoms with Gasteiger partial charge < -0.3 is 14.2 Å². The topological polar surface area (TPSA) is 84.2 Å². The molecular formula is C16H20N4O3. The fourth-order valence-corrected chi connectivity index (χ4v) is 3.47. The van der Waals surface area contributed by atoms with Crippen molar-refractivity contribution in [2.24, 2.45) is 0 Å². The molecule has 3 heterocycles. The molecule has 23 heavy (non-hydrogen) atoms. The van der Waals surface area contributed by atoms with Crippen molar-refractivity contribution in [2.45, 2.75) is 38.6 Å². The number of H-pyrrole nitrogens is 1. The molecule has 2 aromatic heterocycles. The van der Waals surface area contributed by atoms with Crippen LogP contribution in [0, 0.1) is 6.92 Å². The summed E-state index contributed by atoms with van der Waals surface area (Å²) in [4.78, 5) is 14.9. The lowest BCUT2D eigenvalue weighted by Crippen LogP contribution is -2.44. The van der Waals surface area contributed by atoms with Crippen LogP contribution in [0.2, 0.25) is 0 Å². The molecule has 7 nitrogen and oxygen atoms in total. The third-order valence-corrected chi connectivity index (χ3v) is 4.74. The van der Waals surface area contributed by atoms with Crippen LogP contribution in [0.25, 0.3) is 0 Å². The van der Waals surface area contributed by atoms with Crippen molar-refractivity contribution in [3.05, 3.63) is 34.5 Å². The first-order valence-corrected chi connectivity index (χ1v) is 8.11. The van der Waals surface area contributed by atoms with Gasteiger partial charge in [0.05, 0.1) is 31.1 Å². The molecule has 2 aliphatic rings. The number of nitrogens with zero attached hydrogens (tertiary/aromatic N) is 3. The van der Waals surface area contributed by atoms with E-state index in [1.807, 2.05) is 11.8 Å². The Kier molecular flexibility index (Phi) is 3.65. The minimum absolute atomic E-state index is 0.0702. The Morgan fingerprint density at radius 1 is 1.39 bits per heavy atom. The van der Waals surface area contributed by atoms with Crippen LogP contribution < -0.4 is 0 Å². The number of aryl methyl sites for hydroxylation is 2. The van der Waals surface area contributed by atoms with Gasteiger partial charge in [0.25, 0.3) is 5.91 Å². The Morgan fingerprint density at radius 3 is 3.09 bits per heavy atom. The number of rotatable bonds is 2. The summed E-state index contributed by atoms with van der Waals surface area (Å²) in [6.45, 7) is 3.53. The molecule has 1 unspecified atom stereocenters. The first kappa shape index (κ1) is 14.4. The van der Waals surface area contributed by atoms with Crippen molar-refractivity contribution in [3.63, 3.8) is 0 Å². The zero-order valence-corrected chi connectivity index (χ0v) is 13.2. The molecule has 122 valence electrons. The maximum atomic E-state index is 13.1. The first-order chi connectivity index (χ1) is 11.3. The molecule has 1 aliphatic carbocycles. The molecule has 2 aromatic rings. The fraction of sp³-hybridized carbons (Fsp3) is 0.562. The summed E-state index contributed by atoms with van der Waals surface area (Å²) in [5.74, 6) is 0.807. The molecule has 0 radical (unpaired) electrons. The van der Waals surface area contributed by atoms with Crippen molar-refractivity contribution >= 4 is 5.91 Å². The number of fused-ring (bicyclic) bond motifs is 1. The minimum Gasteiger partial charge on any atom is -0.377 e. The first-order valence-electron chi connectivity index (χ1n) is 8.11. The average molecular weight is 316 g/mol. The molecule has 1 amide bonds. The van der Waals surface area contributed by atoms with Crippen LogP contribution >= 0.6 is 0 Å². The van der Waals surface area contributed by atoms with Gasteiger partial charge in [-0.2, -0.15) is 5.10 Å². The van der Waals surface area contributed by atoms with E-state index in [9.17, 15) is 4.79 Å². The van der Waals surface area contributed by atoms with E-state index in [2.05, 4.69) is 15.4 Å². The Morgan fingerprint density at radius 2 is 2.26 bits per heavy atom. The van der Waals surface area contributed by atoms with Gasteiger partial charge in [0.15, 0.2) is 5.69 Å². The van der Waals surface area contributed by atoms with E-state index in [-0.39, 0.29) is 11.9 Å². The summed E-state index contributed by atoms with van der Waals surface area (Å²) >= 11 is 0. The lowest BCUT2D eigenvalue weighted by Gasteiger charge is -2.35. The van der Waals surface area contributed by atoms with Gasteiger partial charge in [-0.1, -0.05) is 5.16 Å². The number of aromatic amines is 1.